The van der Waals surface area contributed by atoms with E-state index in [1.807, 2.05) is 18.2 Å². The molecule has 1 saturated carbocycles. The minimum atomic E-state index is -0.188. The van der Waals surface area contributed by atoms with Crippen molar-refractivity contribution in [3.8, 4) is 0 Å². The van der Waals surface area contributed by atoms with Crippen molar-refractivity contribution in [1.82, 2.24) is 10.6 Å². The van der Waals surface area contributed by atoms with Crippen LogP contribution in [0.25, 0.3) is 0 Å². The van der Waals surface area contributed by atoms with Gasteiger partial charge in [0.05, 0.1) is 12.7 Å². The molecule has 23 heavy (non-hydrogen) atoms. The van der Waals surface area contributed by atoms with Crippen LogP contribution in [0, 0.1) is 0 Å². The molecule has 5 nitrogen and oxygen atoms in total. The highest BCUT2D eigenvalue weighted by Gasteiger charge is 2.20. The lowest BCUT2D eigenvalue weighted by atomic mass is 9.93. The minimum absolute atomic E-state index is 0.100. The van der Waals surface area contributed by atoms with Crippen molar-refractivity contribution in [2.75, 3.05) is 13.2 Å². The van der Waals surface area contributed by atoms with Gasteiger partial charge in [-0.1, -0.05) is 30.3 Å². The van der Waals surface area contributed by atoms with Crippen LogP contribution in [0.5, 0.6) is 0 Å². The van der Waals surface area contributed by atoms with E-state index in [-0.39, 0.29) is 18.2 Å². The van der Waals surface area contributed by atoms with E-state index in [9.17, 15) is 9.90 Å². The third kappa shape index (κ3) is 7.48. The predicted molar refractivity (Wildman–Crippen MR) is 90.1 cm³/mol. The summed E-state index contributed by atoms with van der Waals surface area (Å²) < 4.78 is 5.61. The van der Waals surface area contributed by atoms with Crippen LogP contribution in [-0.2, 0) is 11.3 Å². The number of hydrogen-bond donors (Lipinski definition) is 3. The smallest absolute Gasteiger partial charge is 0.315 e. The number of ether oxygens (including phenoxy) is 1. The van der Waals surface area contributed by atoms with E-state index in [0.29, 0.717) is 19.8 Å². The molecule has 0 aliphatic heterocycles. The summed E-state index contributed by atoms with van der Waals surface area (Å²) in [5.74, 6) is 0. The quantitative estimate of drug-likeness (QED) is 0.645. The number of unbranched alkanes of at least 4 members (excludes halogenated alkanes) is 1. The first-order valence-electron chi connectivity index (χ1n) is 8.58. The number of carbonyl (C=O) groups excluding carboxylic acids is 1. The number of urea groups is 1. The molecule has 1 aromatic rings. The molecule has 1 aliphatic carbocycles. The molecule has 0 radical (unpaired) electrons. The van der Waals surface area contributed by atoms with Gasteiger partial charge in [-0.05, 0) is 44.1 Å². The summed E-state index contributed by atoms with van der Waals surface area (Å²) in [7, 11) is 0. The van der Waals surface area contributed by atoms with Gasteiger partial charge < -0.3 is 20.5 Å². The van der Waals surface area contributed by atoms with E-state index in [1.165, 1.54) is 5.56 Å². The molecule has 0 unspecified atom stereocenters. The van der Waals surface area contributed by atoms with Gasteiger partial charge in [0.25, 0.3) is 0 Å². The van der Waals surface area contributed by atoms with Gasteiger partial charge in [0.15, 0.2) is 0 Å². The third-order valence-corrected chi connectivity index (χ3v) is 4.14. The Morgan fingerprint density at radius 2 is 1.87 bits per heavy atom. The first kappa shape index (κ1) is 17.8. The first-order valence-corrected chi connectivity index (χ1v) is 8.58. The van der Waals surface area contributed by atoms with Gasteiger partial charge in [-0.3, -0.25) is 0 Å². The highest BCUT2D eigenvalue weighted by Crippen LogP contribution is 2.17. The number of aliphatic hydroxyl groups excluding tert-OH is 1. The fraction of sp³-hybridized carbons (Fsp3) is 0.611. The Morgan fingerprint density at radius 3 is 2.61 bits per heavy atom. The zero-order valence-electron chi connectivity index (χ0n) is 13.7. The molecule has 0 bridgehead atoms. The summed E-state index contributed by atoms with van der Waals surface area (Å²) in [4.78, 5) is 11.8. The van der Waals surface area contributed by atoms with Crippen LogP contribution >= 0.6 is 0 Å². The van der Waals surface area contributed by atoms with Crippen LogP contribution in [0.1, 0.15) is 44.1 Å². The van der Waals surface area contributed by atoms with E-state index in [1.54, 1.807) is 0 Å². The summed E-state index contributed by atoms with van der Waals surface area (Å²) in [6.07, 6.45) is 4.94. The number of aliphatic hydroxyl groups is 1. The van der Waals surface area contributed by atoms with Crippen LogP contribution < -0.4 is 10.6 Å². The Bertz CT molecular complexity index is 445. The second-order valence-corrected chi connectivity index (χ2v) is 6.15. The Labute approximate surface area is 138 Å². The van der Waals surface area contributed by atoms with Gasteiger partial charge in [0, 0.05) is 19.2 Å². The SMILES string of the molecule is O=C(NCCCCOCc1ccccc1)NC1CCC(O)CC1. The maximum atomic E-state index is 11.8. The third-order valence-electron chi connectivity index (χ3n) is 4.14. The predicted octanol–water partition coefficient (Wildman–Crippen LogP) is 2.59. The first-order chi connectivity index (χ1) is 11.2. The lowest BCUT2D eigenvalue weighted by Gasteiger charge is -2.26. The van der Waals surface area contributed by atoms with Crippen LogP contribution in [0.15, 0.2) is 30.3 Å². The van der Waals surface area contributed by atoms with Gasteiger partial charge in [0.1, 0.15) is 0 Å². The molecule has 5 heteroatoms. The minimum Gasteiger partial charge on any atom is -0.393 e. The summed E-state index contributed by atoms with van der Waals surface area (Å²) in [5, 5.41) is 15.3. The van der Waals surface area contributed by atoms with Crippen LogP contribution in [0.2, 0.25) is 0 Å². The van der Waals surface area contributed by atoms with Gasteiger partial charge in [-0.2, -0.15) is 0 Å². The molecule has 1 fully saturated rings. The molecule has 2 rings (SSSR count). The maximum absolute atomic E-state index is 11.8. The Kier molecular flexibility index (Phi) is 7.90. The van der Waals surface area contributed by atoms with Crippen LogP contribution in [-0.4, -0.2) is 36.4 Å². The molecule has 1 aromatic carbocycles. The maximum Gasteiger partial charge on any atom is 0.315 e. The fourth-order valence-electron chi connectivity index (χ4n) is 2.75. The molecule has 0 heterocycles. The van der Waals surface area contributed by atoms with E-state index in [2.05, 4.69) is 22.8 Å². The van der Waals surface area contributed by atoms with Crippen molar-refractivity contribution in [3.05, 3.63) is 35.9 Å². The Morgan fingerprint density at radius 1 is 1.13 bits per heavy atom. The summed E-state index contributed by atoms with van der Waals surface area (Å²) in [6, 6.07) is 10.2. The molecule has 128 valence electrons. The highest BCUT2D eigenvalue weighted by atomic mass is 16.5. The second kappa shape index (κ2) is 10.2. The van der Waals surface area contributed by atoms with Crippen LogP contribution in [0.3, 0.4) is 0 Å². The van der Waals surface area contributed by atoms with Crippen molar-refractivity contribution in [3.63, 3.8) is 0 Å². The summed E-state index contributed by atoms with van der Waals surface area (Å²) in [5.41, 5.74) is 1.18. The van der Waals surface area contributed by atoms with Gasteiger partial charge in [0.2, 0.25) is 0 Å². The molecular formula is C18H28N2O3. The van der Waals surface area contributed by atoms with Crippen molar-refractivity contribution < 1.29 is 14.6 Å². The van der Waals surface area contributed by atoms with Crippen molar-refractivity contribution in [1.29, 1.82) is 0 Å². The van der Waals surface area contributed by atoms with E-state index >= 15 is 0 Å². The molecule has 0 aromatic heterocycles. The van der Waals surface area contributed by atoms with E-state index in [4.69, 9.17) is 4.74 Å². The van der Waals surface area contributed by atoms with Crippen molar-refractivity contribution >= 4 is 6.03 Å². The molecular weight excluding hydrogens is 292 g/mol. The molecule has 3 N–H and O–H groups in total. The highest BCUT2D eigenvalue weighted by molar-refractivity contribution is 5.74. The molecule has 2 amide bonds. The number of nitrogens with one attached hydrogen (secondary N) is 2. The zero-order chi connectivity index (χ0) is 16.3. The van der Waals surface area contributed by atoms with Gasteiger partial charge >= 0.3 is 6.03 Å². The Balaban J connectivity index is 1.43. The Hall–Kier alpha value is -1.59. The topological polar surface area (TPSA) is 70.6 Å². The molecule has 0 spiro atoms. The average molecular weight is 320 g/mol. The average Bonchev–Trinajstić information content (AvgIpc) is 2.57. The van der Waals surface area contributed by atoms with E-state index < -0.39 is 0 Å². The molecule has 0 saturated heterocycles. The lowest BCUT2D eigenvalue weighted by molar-refractivity contribution is 0.116. The van der Waals surface area contributed by atoms with Crippen molar-refractivity contribution in [2.45, 2.75) is 57.3 Å². The normalized spacial score (nSPS) is 20.9. The van der Waals surface area contributed by atoms with Crippen LogP contribution in [0.4, 0.5) is 4.79 Å². The largest absolute Gasteiger partial charge is 0.393 e. The number of carbonyl (C=O) groups is 1. The lowest BCUT2D eigenvalue weighted by Crippen LogP contribution is -2.44. The number of hydrogen-bond acceptors (Lipinski definition) is 3. The monoisotopic (exact) mass is 320 g/mol. The standard InChI is InChI=1S/C18H28N2O3/c21-17-10-8-16(9-11-17)20-18(22)19-12-4-5-13-23-14-15-6-2-1-3-7-15/h1-3,6-7,16-17,21H,4-5,8-14H2,(H2,19,20,22). The second-order valence-electron chi connectivity index (χ2n) is 6.15. The molecule has 0 atom stereocenters. The van der Waals surface area contributed by atoms with Crippen molar-refractivity contribution in [2.24, 2.45) is 0 Å². The number of benzene rings is 1. The van der Waals surface area contributed by atoms with Gasteiger partial charge in [-0.15, -0.1) is 0 Å². The number of rotatable bonds is 8. The fourth-order valence-corrected chi connectivity index (χ4v) is 2.75. The number of amides is 2. The zero-order valence-corrected chi connectivity index (χ0v) is 13.7. The summed E-state index contributed by atoms with van der Waals surface area (Å²) in [6.45, 7) is 2.01. The van der Waals surface area contributed by atoms with E-state index in [0.717, 1.165) is 38.5 Å². The van der Waals surface area contributed by atoms with Gasteiger partial charge in [-0.25, -0.2) is 4.79 Å². The summed E-state index contributed by atoms with van der Waals surface area (Å²) >= 11 is 0. The molecule has 1 aliphatic rings.